The SMILES string of the molecule is COc1cc(C(=O)N2C[C@@H](O)[C@@H](OC)C2)ccc1Nc1nc2c(c(OC3CCCC3)n1)C(c1ccc3nc(C)oc3c1)=CC2. The minimum atomic E-state index is -0.714. The Morgan fingerprint density at radius 3 is 2.68 bits per heavy atom. The summed E-state index contributed by atoms with van der Waals surface area (Å²) in [5.41, 5.74) is 6.39. The minimum Gasteiger partial charge on any atom is -0.495 e. The molecule has 1 aliphatic heterocycles. The van der Waals surface area contributed by atoms with Gasteiger partial charge < -0.3 is 34.0 Å². The number of allylic oxidation sites excluding steroid dienone is 1. The van der Waals surface area contributed by atoms with E-state index in [1.54, 1.807) is 30.2 Å². The van der Waals surface area contributed by atoms with Crippen LogP contribution >= 0.6 is 0 Å². The number of likely N-dealkylation sites (tertiary alicyclic amines) is 1. The molecule has 4 aromatic rings. The molecule has 1 saturated carbocycles. The van der Waals surface area contributed by atoms with Crippen molar-refractivity contribution >= 4 is 34.2 Å². The van der Waals surface area contributed by atoms with Crippen molar-refractivity contribution in [1.82, 2.24) is 19.9 Å². The molecule has 1 amide bonds. The summed E-state index contributed by atoms with van der Waals surface area (Å²) in [7, 11) is 3.09. The predicted molar refractivity (Wildman–Crippen MR) is 163 cm³/mol. The van der Waals surface area contributed by atoms with E-state index in [9.17, 15) is 9.90 Å². The highest BCUT2D eigenvalue weighted by molar-refractivity contribution is 5.96. The fourth-order valence-corrected chi connectivity index (χ4v) is 6.36. The molecule has 2 fully saturated rings. The number of rotatable bonds is 8. The molecule has 11 heteroatoms. The second-order valence-corrected chi connectivity index (χ2v) is 11.5. The molecule has 7 rings (SSSR count). The number of methoxy groups -OCH3 is 2. The van der Waals surface area contributed by atoms with E-state index >= 15 is 0 Å². The zero-order chi connectivity index (χ0) is 30.4. The zero-order valence-electron chi connectivity index (χ0n) is 25.0. The number of hydrogen-bond acceptors (Lipinski definition) is 10. The van der Waals surface area contributed by atoms with E-state index < -0.39 is 12.2 Å². The molecular weight excluding hydrogens is 562 g/mol. The van der Waals surface area contributed by atoms with Gasteiger partial charge in [0, 0.05) is 39.1 Å². The van der Waals surface area contributed by atoms with E-state index in [0.717, 1.165) is 59.2 Å². The number of hydrogen-bond donors (Lipinski definition) is 2. The van der Waals surface area contributed by atoms with Gasteiger partial charge in [-0.2, -0.15) is 4.98 Å². The first-order valence-corrected chi connectivity index (χ1v) is 15.0. The van der Waals surface area contributed by atoms with Crippen LogP contribution in [0.15, 0.2) is 46.9 Å². The van der Waals surface area contributed by atoms with Gasteiger partial charge >= 0.3 is 0 Å². The number of fused-ring (bicyclic) bond motifs is 2. The summed E-state index contributed by atoms with van der Waals surface area (Å²) in [4.78, 5) is 29.0. The molecule has 2 atom stereocenters. The number of aromatic nitrogens is 3. The second kappa shape index (κ2) is 11.5. The number of aliphatic hydroxyl groups excluding tert-OH is 1. The molecule has 2 aromatic carbocycles. The van der Waals surface area contributed by atoms with Crippen molar-refractivity contribution in [2.24, 2.45) is 0 Å². The summed E-state index contributed by atoms with van der Waals surface area (Å²) < 4.78 is 23.3. The normalized spacial score (nSPS) is 19.8. The molecule has 0 radical (unpaired) electrons. The Bertz CT molecular complexity index is 1760. The number of β-amino-alcohol motifs (C(OH)–C–C–N with tert-alkyl or cyclic N) is 1. The number of benzene rings is 2. The molecule has 1 saturated heterocycles. The van der Waals surface area contributed by atoms with Crippen LogP contribution < -0.4 is 14.8 Å². The fourth-order valence-electron chi connectivity index (χ4n) is 6.36. The third-order valence-corrected chi connectivity index (χ3v) is 8.63. The summed E-state index contributed by atoms with van der Waals surface area (Å²) >= 11 is 0. The lowest BCUT2D eigenvalue weighted by Gasteiger charge is -2.19. The van der Waals surface area contributed by atoms with E-state index in [4.69, 9.17) is 28.6 Å². The maximum absolute atomic E-state index is 13.2. The van der Waals surface area contributed by atoms with Crippen molar-refractivity contribution < 1.29 is 28.5 Å². The number of nitrogens with zero attached hydrogens (tertiary/aromatic N) is 4. The van der Waals surface area contributed by atoms with Gasteiger partial charge in [-0.05, 0) is 67.2 Å². The van der Waals surface area contributed by atoms with Gasteiger partial charge in [0.25, 0.3) is 5.91 Å². The van der Waals surface area contributed by atoms with Crippen molar-refractivity contribution in [3.63, 3.8) is 0 Å². The van der Waals surface area contributed by atoms with Gasteiger partial charge in [-0.15, -0.1) is 0 Å². The van der Waals surface area contributed by atoms with Gasteiger partial charge in [0.2, 0.25) is 11.8 Å². The van der Waals surface area contributed by atoms with E-state index in [-0.39, 0.29) is 18.6 Å². The second-order valence-electron chi connectivity index (χ2n) is 11.5. The van der Waals surface area contributed by atoms with Gasteiger partial charge in [0.05, 0.1) is 30.2 Å². The quantitative estimate of drug-likeness (QED) is 0.291. The molecule has 2 aliphatic carbocycles. The van der Waals surface area contributed by atoms with Crippen LogP contribution in [0.2, 0.25) is 0 Å². The van der Waals surface area contributed by atoms with Crippen molar-refractivity contribution in [3.05, 3.63) is 70.7 Å². The summed E-state index contributed by atoms with van der Waals surface area (Å²) in [6.07, 6.45) is 6.03. The lowest BCUT2D eigenvalue weighted by molar-refractivity contribution is 0.0215. The number of aliphatic hydroxyl groups is 1. The Morgan fingerprint density at radius 1 is 1.07 bits per heavy atom. The minimum absolute atomic E-state index is 0.102. The Balaban J connectivity index is 1.19. The van der Waals surface area contributed by atoms with Crippen LogP contribution in [0.25, 0.3) is 16.7 Å². The van der Waals surface area contributed by atoms with Crippen LogP contribution in [0.1, 0.15) is 58.8 Å². The molecule has 11 nitrogen and oxygen atoms in total. The first kappa shape index (κ1) is 28.3. The van der Waals surface area contributed by atoms with Gasteiger partial charge in [0.1, 0.15) is 23.5 Å². The average molecular weight is 598 g/mol. The largest absolute Gasteiger partial charge is 0.495 e. The van der Waals surface area contributed by atoms with Crippen LogP contribution in [0, 0.1) is 6.92 Å². The van der Waals surface area contributed by atoms with Crippen LogP contribution in [0.4, 0.5) is 11.6 Å². The summed E-state index contributed by atoms with van der Waals surface area (Å²) in [5, 5.41) is 13.5. The lowest BCUT2D eigenvalue weighted by Crippen LogP contribution is -2.30. The molecule has 2 aromatic heterocycles. The van der Waals surface area contributed by atoms with Crippen molar-refractivity contribution in [2.45, 2.75) is 57.3 Å². The van der Waals surface area contributed by atoms with E-state index in [0.29, 0.717) is 47.7 Å². The summed E-state index contributed by atoms with van der Waals surface area (Å²) in [6, 6.07) is 11.2. The topological polar surface area (TPSA) is 132 Å². The number of nitrogens with one attached hydrogen (secondary N) is 1. The number of ether oxygens (including phenoxy) is 3. The van der Waals surface area contributed by atoms with Gasteiger partial charge in [0.15, 0.2) is 11.5 Å². The average Bonchev–Trinajstić information content (AvgIpc) is 3.83. The summed E-state index contributed by atoms with van der Waals surface area (Å²) in [5.74, 6) is 1.83. The Labute approximate surface area is 254 Å². The number of aryl methyl sites for hydroxylation is 1. The van der Waals surface area contributed by atoms with Crippen LogP contribution in [0.3, 0.4) is 0 Å². The smallest absolute Gasteiger partial charge is 0.254 e. The third-order valence-electron chi connectivity index (χ3n) is 8.63. The maximum Gasteiger partial charge on any atom is 0.254 e. The molecule has 0 unspecified atom stereocenters. The van der Waals surface area contributed by atoms with Crippen LogP contribution in [-0.2, 0) is 11.2 Å². The number of carbonyl (C=O) groups is 1. The molecule has 0 spiro atoms. The first-order chi connectivity index (χ1) is 21.4. The first-order valence-electron chi connectivity index (χ1n) is 15.0. The number of anilines is 2. The molecule has 44 heavy (non-hydrogen) atoms. The van der Waals surface area contributed by atoms with Crippen molar-refractivity contribution in [2.75, 3.05) is 32.6 Å². The highest BCUT2D eigenvalue weighted by atomic mass is 16.5. The molecule has 3 heterocycles. The number of carbonyl (C=O) groups excluding carboxylic acids is 1. The van der Waals surface area contributed by atoms with Gasteiger partial charge in [-0.1, -0.05) is 12.1 Å². The highest BCUT2D eigenvalue weighted by Gasteiger charge is 2.35. The highest BCUT2D eigenvalue weighted by Crippen LogP contribution is 2.41. The molecule has 228 valence electrons. The third kappa shape index (κ3) is 5.26. The van der Waals surface area contributed by atoms with E-state index in [2.05, 4.69) is 16.4 Å². The fraction of sp³-hybridized carbons (Fsp3) is 0.394. The zero-order valence-corrected chi connectivity index (χ0v) is 25.0. The van der Waals surface area contributed by atoms with Crippen molar-refractivity contribution in [1.29, 1.82) is 0 Å². The Hall–Kier alpha value is -4.48. The van der Waals surface area contributed by atoms with Gasteiger partial charge in [-0.25, -0.2) is 9.97 Å². The number of amides is 1. The molecule has 0 bridgehead atoms. The predicted octanol–water partition coefficient (Wildman–Crippen LogP) is 4.82. The van der Waals surface area contributed by atoms with E-state index in [1.165, 1.54) is 7.11 Å². The lowest BCUT2D eigenvalue weighted by atomic mass is 10.0. The van der Waals surface area contributed by atoms with Crippen LogP contribution in [0.5, 0.6) is 11.6 Å². The molecule has 3 aliphatic rings. The van der Waals surface area contributed by atoms with Crippen LogP contribution in [-0.4, -0.2) is 76.5 Å². The number of oxazole rings is 1. The Morgan fingerprint density at radius 2 is 1.91 bits per heavy atom. The Kier molecular flexibility index (Phi) is 7.43. The van der Waals surface area contributed by atoms with Gasteiger partial charge in [-0.3, -0.25) is 4.79 Å². The van der Waals surface area contributed by atoms with Crippen molar-refractivity contribution in [3.8, 4) is 11.6 Å². The monoisotopic (exact) mass is 597 g/mol. The standard InChI is InChI=1S/C33H35N5O6/c1-18-34-24-11-8-19(14-28(24)43-18)22-10-13-25-30(22)31(44-21-6-4-5-7-21)37-33(36-25)35-23-12-9-20(15-27(23)41-2)32(40)38-16-26(39)29(17-38)42-3/h8-12,14-15,21,26,29,39H,4-7,13,16-17H2,1-3H3,(H,35,36,37)/t26-,29+/m1/s1. The molecular formula is C33H35N5O6. The molecule has 2 N–H and O–H groups in total. The summed E-state index contributed by atoms with van der Waals surface area (Å²) in [6.45, 7) is 2.39. The van der Waals surface area contributed by atoms with E-state index in [1.807, 2.05) is 25.1 Å². The maximum atomic E-state index is 13.2.